The van der Waals surface area contributed by atoms with E-state index in [1.54, 1.807) is 0 Å². The van der Waals surface area contributed by atoms with Crippen LogP contribution in [-0.2, 0) is 9.53 Å². The smallest absolute Gasteiger partial charge is 0.224 e. The van der Waals surface area contributed by atoms with Crippen LogP contribution in [0.3, 0.4) is 0 Å². The number of morpholine rings is 1. The van der Waals surface area contributed by atoms with Gasteiger partial charge in [0.25, 0.3) is 0 Å². The van der Waals surface area contributed by atoms with E-state index in [2.05, 4.69) is 10.2 Å². The number of ether oxygens (including phenoxy) is 1. The van der Waals surface area contributed by atoms with E-state index in [1.165, 1.54) is 44.9 Å². The van der Waals surface area contributed by atoms with Gasteiger partial charge >= 0.3 is 0 Å². The summed E-state index contributed by atoms with van der Waals surface area (Å²) in [5.74, 6) is 1.10. The second-order valence-electron chi connectivity index (χ2n) is 6.71. The van der Waals surface area contributed by atoms with Crippen LogP contribution in [0, 0.1) is 5.92 Å². The fraction of sp³-hybridized carbons (Fsp3) is 0.938. The summed E-state index contributed by atoms with van der Waals surface area (Å²) in [5.41, 5.74) is 0. The first-order valence-electron chi connectivity index (χ1n) is 8.43. The molecule has 0 spiro atoms. The van der Waals surface area contributed by atoms with Crippen molar-refractivity contribution in [3.63, 3.8) is 0 Å². The highest BCUT2D eigenvalue weighted by Crippen LogP contribution is 2.32. The monoisotopic (exact) mass is 316 g/mol. The van der Waals surface area contributed by atoms with Crippen molar-refractivity contribution < 1.29 is 9.53 Å². The Morgan fingerprint density at radius 2 is 1.90 bits per heavy atom. The third-order valence-electron chi connectivity index (χ3n) is 4.91. The zero-order chi connectivity index (χ0) is 13.8. The molecule has 3 rings (SSSR count). The van der Waals surface area contributed by atoms with E-state index in [-0.39, 0.29) is 18.4 Å². The van der Waals surface area contributed by atoms with Crippen LogP contribution in [0.25, 0.3) is 0 Å². The molecule has 1 atom stereocenters. The van der Waals surface area contributed by atoms with Gasteiger partial charge in [-0.05, 0) is 31.6 Å². The molecule has 1 amide bonds. The van der Waals surface area contributed by atoms with E-state index in [9.17, 15) is 4.79 Å². The SMILES string of the molecule is Cl.O=C(CC1COCCN1)N(CC1CCCCC1)C1CC1. The summed E-state index contributed by atoms with van der Waals surface area (Å²) in [6.07, 6.45) is 9.79. The lowest BCUT2D eigenvalue weighted by Crippen LogP contribution is -2.46. The van der Waals surface area contributed by atoms with Gasteiger partial charge in [-0.25, -0.2) is 0 Å². The van der Waals surface area contributed by atoms with Crippen LogP contribution in [0.4, 0.5) is 0 Å². The summed E-state index contributed by atoms with van der Waals surface area (Å²) in [4.78, 5) is 14.8. The molecular weight excluding hydrogens is 288 g/mol. The van der Waals surface area contributed by atoms with E-state index in [1.807, 2.05) is 0 Å². The Kier molecular flexibility index (Phi) is 6.77. The Labute approximate surface area is 134 Å². The van der Waals surface area contributed by atoms with Crippen LogP contribution >= 0.6 is 12.4 Å². The van der Waals surface area contributed by atoms with Crippen LogP contribution in [0.1, 0.15) is 51.4 Å². The number of carbonyl (C=O) groups excluding carboxylic acids is 1. The summed E-state index contributed by atoms with van der Waals surface area (Å²) in [6.45, 7) is 3.36. The first-order chi connectivity index (χ1) is 9.83. The van der Waals surface area contributed by atoms with Crippen molar-refractivity contribution in [2.45, 2.75) is 63.5 Å². The number of hydrogen-bond acceptors (Lipinski definition) is 3. The molecule has 5 heteroatoms. The number of hydrogen-bond donors (Lipinski definition) is 1. The molecule has 122 valence electrons. The van der Waals surface area contributed by atoms with Crippen LogP contribution in [0.2, 0.25) is 0 Å². The van der Waals surface area contributed by atoms with E-state index < -0.39 is 0 Å². The van der Waals surface area contributed by atoms with Crippen LogP contribution in [-0.4, -0.2) is 49.2 Å². The standard InChI is InChI=1S/C16H28N2O2.ClH/c19-16(10-14-12-20-9-8-17-14)18(15-6-7-15)11-13-4-2-1-3-5-13;/h13-15,17H,1-12H2;1H. The van der Waals surface area contributed by atoms with Gasteiger partial charge in [0, 0.05) is 31.6 Å². The number of nitrogens with zero attached hydrogens (tertiary/aromatic N) is 1. The van der Waals surface area contributed by atoms with Crippen LogP contribution in [0.15, 0.2) is 0 Å². The molecule has 3 aliphatic rings. The van der Waals surface area contributed by atoms with Crippen molar-refractivity contribution >= 4 is 18.3 Å². The predicted molar refractivity (Wildman–Crippen MR) is 85.8 cm³/mol. The molecular formula is C16H29ClN2O2. The van der Waals surface area contributed by atoms with Crippen LogP contribution in [0.5, 0.6) is 0 Å². The Bertz CT molecular complexity index is 324. The molecule has 4 nitrogen and oxygen atoms in total. The van der Waals surface area contributed by atoms with Crippen molar-refractivity contribution in [1.82, 2.24) is 10.2 Å². The lowest BCUT2D eigenvalue weighted by molar-refractivity contribution is -0.133. The fourth-order valence-corrected chi connectivity index (χ4v) is 3.57. The lowest BCUT2D eigenvalue weighted by Gasteiger charge is -2.32. The first-order valence-corrected chi connectivity index (χ1v) is 8.43. The third-order valence-corrected chi connectivity index (χ3v) is 4.91. The minimum atomic E-state index is 0. The van der Waals surface area contributed by atoms with Gasteiger partial charge in [0.15, 0.2) is 0 Å². The van der Waals surface area contributed by atoms with Gasteiger partial charge in [-0.2, -0.15) is 0 Å². The zero-order valence-corrected chi connectivity index (χ0v) is 13.7. The van der Waals surface area contributed by atoms with Crippen molar-refractivity contribution in [3.05, 3.63) is 0 Å². The molecule has 0 radical (unpaired) electrons. The molecule has 1 unspecified atom stereocenters. The first kappa shape index (κ1) is 17.0. The maximum Gasteiger partial charge on any atom is 0.224 e. The summed E-state index contributed by atoms with van der Waals surface area (Å²) < 4.78 is 5.46. The quantitative estimate of drug-likeness (QED) is 0.846. The maximum atomic E-state index is 12.6. The topological polar surface area (TPSA) is 41.6 Å². The second-order valence-corrected chi connectivity index (χ2v) is 6.71. The summed E-state index contributed by atoms with van der Waals surface area (Å²) in [6, 6.07) is 0.776. The summed E-state index contributed by atoms with van der Waals surface area (Å²) in [5, 5.41) is 3.40. The van der Waals surface area contributed by atoms with Gasteiger partial charge in [0.2, 0.25) is 5.91 Å². The number of halogens is 1. The average molecular weight is 317 g/mol. The molecule has 1 aliphatic heterocycles. The minimum absolute atomic E-state index is 0. The highest BCUT2D eigenvalue weighted by molar-refractivity contribution is 5.85. The summed E-state index contributed by atoms with van der Waals surface area (Å²) >= 11 is 0. The molecule has 2 saturated carbocycles. The minimum Gasteiger partial charge on any atom is -0.378 e. The van der Waals surface area contributed by atoms with E-state index in [4.69, 9.17) is 4.74 Å². The largest absolute Gasteiger partial charge is 0.378 e. The van der Waals surface area contributed by atoms with E-state index >= 15 is 0 Å². The lowest BCUT2D eigenvalue weighted by atomic mass is 9.89. The van der Waals surface area contributed by atoms with Crippen molar-refractivity contribution in [2.75, 3.05) is 26.3 Å². The average Bonchev–Trinajstić information content (AvgIpc) is 3.31. The molecule has 1 saturated heterocycles. The second kappa shape index (κ2) is 8.35. The van der Waals surface area contributed by atoms with Crippen LogP contribution < -0.4 is 5.32 Å². The van der Waals surface area contributed by atoms with Gasteiger partial charge in [0.1, 0.15) is 0 Å². The predicted octanol–water partition coefficient (Wildman–Crippen LogP) is 2.36. The molecule has 21 heavy (non-hydrogen) atoms. The van der Waals surface area contributed by atoms with E-state index in [0.717, 1.165) is 25.6 Å². The molecule has 0 bridgehead atoms. The number of nitrogens with one attached hydrogen (secondary N) is 1. The van der Waals surface area contributed by atoms with Gasteiger partial charge < -0.3 is 15.0 Å². The van der Waals surface area contributed by atoms with Crippen molar-refractivity contribution in [1.29, 1.82) is 0 Å². The number of rotatable bonds is 5. The fourth-order valence-electron chi connectivity index (χ4n) is 3.57. The Hall–Kier alpha value is -0.320. The van der Waals surface area contributed by atoms with Gasteiger partial charge in [-0.15, -0.1) is 12.4 Å². The van der Waals surface area contributed by atoms with Crippen molar-refractivity contribution in [2.24, 2.45) is 5.92 Å². The Balaban J connectivity index is 0.00000161. The highest BCUT2D eigenvalue weighted by Gasteiger charge is 2.35. The Morgan fingerprint density at radius 3 is 2.52 bits per heavy atom. The zero-order valence-electron chi connectivity index (χ0n) is 12.9. The molecule has 0 aromatic rings. The number of carbonyl (C=O) groups is 1. The Morgan fingerprint density at radius 1 is 1.14 bits per heavy atom. The normalized spacial score (nSPS) is 27.0. The maximum absolute atomic E-state index is 12.6. The number of amides is 1. The van der Waals surface area contributed by atoms with Gasteiger partial charge in [0.05, 0.1) is 13.2 Å². The molecule has 3 fully saturated rings. The molecule has 0 aromatic heterocycles. The molecule has 1 N–H and O–H groups in total. The highest BCUT2D eigenvalue weighted by atomic mass is 35.5. The third kappa shape index (κ3) is 5.11. The molecule has 2 aliphatic carbocycles. The van der Waals surface area contributed by atoms with Gasteiger partial charge in [-0.1, -0.05) is 19.3 Å². The summed E-state index contributed by atoms with van der Waals surface area (Å²) in [7, 11) is 0. The van der Waals surface area contributed by atoms with E-state index in [0.29, 0.717) is 25.0 Å². The molecule has 1 heterocycles. The molecule has 0 aromatic carbocycles. The van der Waals surface area contributed by atoms with Gasteiger partial charge in [-0.3, -0.25) is 4.79 Å². The van der Waals surface area contributed by atoms with Crippen molar-refractivity contribution in [3.8, 4) is 0 Å².